The summed E-state index contributed by atoms with van der Waals surface area (Å²) in [5.74, 6) is 2.35. The number of hydrogen-bond donors (Lipinski definition) is 1. The largest absolute Gasteiger partial charge is 0.497 e. The SMILES string of the molecule is COc1ccc(NC(=O)N2CC(c3nc(-c4ncccn4)no3)C2)c(OC)c1. The average Bonchev–Trinajstić information content (AvgIpc) is 3.17. The van der Waals surface area contributed by atoms with Crippen LogP contribution in [0.4, 0.5) is 10.5 Å². The topological polar surface area (TPSA) is 116 Å². The van der Waals surface area contributed by atoms with Crippen LogP contribution in [-0.2, 0) is 0 Å². The molecule has 1 aliphatic heterocycles. The molecule has 2 amide bonds. The highest BCUT2D eigenvalue weighted by molar-refractivity contribution is 5.91. The van der Waals surface area contributed by atoms with E-state index in [9.17, 15) is 4.79 Å². The van der Waals surface area contributed by atoms with Gasteiger partial charge in [-0.3, -0.25) is 0 Å². The predicted octanol–water partition coefficient (Wildman–Crippen LogP) is 2.18. The first kappa shape index (κ1) is 17.7. The molecule has 0 saturated carbocycles. The molecule has 1 aromatic carbocycles. The molecule has 1 saturated heterocycles. The van der Waals surface area contributed by atoms with Crippen LogP contribution >= 0.6 is 0 Å². The molecule has 4 rings (SSSR count). The fraction of sp³-hybridized carbons (Fsp3) is 0.278. The molecule has 3 aromatic rings. The minimum absolute atomic E-state index is 0.0199. The molecule has 0 bridgehead atoms. The van der Waals surface area contributed by atoms with Gasteiger partial charge < -0.3 is 24.2 Å². The molecule has 28 heavy (non-hydrogen) atoms. The first-order chi connectivity index (χ1) is 13.7. The zero-order valence-electron chi connectivity index (χ0n) is 15.3. The number of carbonyl (C=O) groups is 1. The summed E-state index contributed by atoms with van der Waals surface area (Å²) in [5, 5.41) is 6.74. The van der Waals surface area contributed by atoms with Crippen LogP contribution in [0.15, 0.2) is 41.2 Å². The second-order valence-electron chi connectivity index (χ2n) is 6.13. The van der Waals surface area contributed by atoms with Gasteiger partial charge in [-0.25, -0.2) is 14.8 Å². The molecule has 0 spiro atoms. The Hall–Kier alpha value is -3.69. The van der Waals surface area contributed by atoms with E-state index in [0.717, 1.165) is 0 Å². The summed E-state index contributed by atoms with van der Waals surface area (Å²) in [6.45, 7) is 0.948. The molecule has 0 radical (unpaired) electrons. The van der Waals surface area contributed by atoms with E-state index in [2.05, 4.69) is 25.4 Å². The van der Waals surface area contributed by atoms with Crippen LogP contribution in [-0.4, -0.2) is 58.3 Å². The van der Waals surface area contributed by atoms with Gasteiger partial charge in [0.25, 0.3) is 0 Å². The van der Waals surface area contributed by atoms with Crippen LogP contribution in [0, 0.1) is 0 Å². The number of anilines is 1. The molecule has 0 atom stereocenters. The van der Waals surface area contributed by atoms with Crippen LogP contribution in [0.1, 0.15) is 11.8 Å². The van der Waals surface area contributed by atoms with Gasteiger partial charge in [-0.15, -0.1) is 0 Å². The Bertz CT molecular complexity index is 971. The Morgan fingerprint density at radius 3 is 2.68 bits per heavy atom. The average molecular weight is 382 g/mol. The molecular weight excluding hydrogens is 364 g/mol. The minimum Gasteiger partial charge on any atom is -0.497 e. The highest BCUT2D eigenvalue weighted by Gasteiger charge is 2.36. The van der Waals surface area contributed by atoms with E-state index in [1.165, 1.54) is 7.11 Å². The Balaban J connectivity index is 1.37. The number of hydrogen-bond acceptors (Lipinski definition) is 8. The van der Waals surface area contributed by atoms with Crippen molar-refractivity contribution in [2.45, 2.75) is 5.92 Å². The van der Waals surface area contributed by atoms with Crippen LogP contribution < -0.4 is 14.8 Å². The number of amides is 2. The smallest absolute Gasteiger partial charge is 0.321 e. The van der Waals surface area contributed by atoms with Crippen molar-refractivity contribution >= 4 is 11.7 Å². The molecule has 1 N–H and O–H groups in total. The van der Waals surface area contributed by atoms with Gasteiger partial charge in [0.15, 0.2) is 0 Å². The molecule has 0 aliphatic carbocycles. The quantitative estimate of drug-likeness (QED) is 0.714. The number of ether oxygens (including phenoxy) is 2. The van der Waals surface area contributed by atoms with Crippen LogP contribution in [0.3, 0.4) is 0 Å². The number of likely N-dealkylation sites (tertiary alicyclic amines) is 1. The van der Waals surface area contributed by atoms with Gasteiger partial charge in [0.1, 0.15) is 11.5 Å². The van der Waals surface area contributed by atoms with E-state index in [1.54, 1.807) is 48.7 Å². The summed E-state index contributed by atoms with van der Waals surface area (Å²) in [4.78, 5) is 26.6. The fourth-order valence-electron chi connectivity index (χ4n) is 2.80. The highest BCUT2D eigenvalue weighted by atomic mass is 16.5. The lowest BCUT2D eigenvalue weighted by molar-refractivity contribution is 0.147. The van der Waals surface area contributed by atoms with Gasteiger partial charge >= 0.3 is 6.03 Å². The maximum atomic E-state index is 12.5. The highest BCUT2D eigenvalue weighted by Crippen LogP contribution is 2.31. The third kappa shape index (κ3) is 3.43. The maximum Gasteiger partial charge on any atom is 0.321 e. The number of urea groups is 1. The fourth-order valence-corrected chi connectivity index (χ4v) is 2.80. The lowest BCUT2D eigenvalue weighted by Crippen LogP contribution is -2.50. The summed E-state index contributed by atoms with van der Waals surface area (Å²) in [7, 11) is 3.10. The molecule has 10 heteroatoms. The van der Waals surface area contributed by atoms with Gasteiger partial charge in [-0.1, -0.05) is 5.16 Å². The van der Waals surface area contributed by atoms with Crippen molar-refractivity contribution in [1.29, 1.82) is 0 Å². The maximum absolute atomic E-state index is 12.5. The van der Waals surface area contributed by atoms with Crippen molar-refractivity contribution in [3.63, 3.8) is 0 Å². The number of nitrogens with zero attached hydrogens (tertiary/aromatic N) is 5. The Morgan fingerprint density at radius 2 is 1.96 bits per heavy atom. The second kappa shape index (κ2) is 7.51. The monoisotopic (exact) mass is 382 g/mol. The van der Waals surface area contributed by atoms with Gasteiger partial charge in [0.05, 0.1) is 25.8 Å². The van der Waals surface area contributed by atoms with Crippen molar-refractivity contribution in [3.05, 3.63) is 42.5 Å². The molecule has 0 unspecified atom stereocenters. The van der Waals surface area contributed by atoms with Crippen molar-refractivity contribution in [2.24, 2.45) is 0 Å². The van der Waals surface area contributed by atoms with Crippen molar-refractivity contribution < 1.29 is 18.8 Å². The first-order valence-corrected chi connectivity index (χ1v) is 8.57. The first-order valence-electron chi connectivity index (χ1n) is 8.57. The minimum atomic E-state index is -0.231. The number of carbonyl (C=O) groups excluding carboxylic acids is 1. The van der Waals surface area contributed by atoms with Crippen LogP contribution in [0.2, 0.25) is 0 Å². The third-order valence-electron chi connectivity index (χ3n) is 4.38. The van der Waals surface area contributed by atoms with E-state index in [4.69, 9.17) is 14.0 Å². The van der Waals surface area contributed by atoms with Crippen molar-refractivity contribution in [1.82, 2.24) is 25.0 Å². The molecule has 1 aliphatic rings. The Labute approximate surface area is 160 Å². The molecule has 10 nitrogen and oxygen atoms in total. The number of benzene rings is 1. The van der Waals surface area contributed by atoms with Crippen LogP contribution in [0.5, 0.6) is 11.5 Å². The summed E-state index contributed by atoms with van der Waals surface area (Å²) in [5.41, 5.74) is 0.568. The molecular formula is C18H18N6O4. The number of rotatable bonds is 5. The van der Waals surface area contributed by atoms with E-state index in [1.807, 2.05) is 0 Å². The summed E-state index contributed by atoms with van der Waals surface area (Å²) in [6.07, 6.45) is 3.22. The molecule has 2 aromatic heterocycles. The van der Waals surface area contributed by atoms with E-state index in [0.29, 0.717) is 47.8 Å². The van der Waals surface area contributed by atoms with E-state index >= 15 is 0 Å². The van der Waals surface area contributed by atoms with E-state index in [-0.39, 0.29) is 11.9 Å². The summed E-state index contributed by atoms with van der Waals surface area (Å²) < 4.78 is 15.8. The lowest BCUT2D eigenvalue weighted by atomic mass is 10.0. The van der Waals surface area contributed by atoms with Gasteiger partial charge in [-0.05, 0) is 18.2 Å². The molecule has 3 heterocycles. The number of methoxy groups -OCH3 is 2. The Morgan fingerprint density at radius 1 is 1.18 bits per heavy atom. The van der Waals surface area contributed by atoms with Crippen LogP contribution in [0.25, 0.3) is 11.6 Å². The normalized spacial score (nSPS) is 13.7. The predicted molar refractivity (Wildman–Crippen MR) is 98.2 cm³/mol. The molecule has 1 fully saturated rings. The van der Waals surface area contributed by atoms with E-state index < -0.39 is 0 Å². The van der Waals surface area contributed by atoms with Gasteiger partial charge in [0.2, 0.25) is 17.5 Å². The second-order valence-corrected chi connectivity index (χ2v) is 6.13. The zero-order valence-corrected chi connectivity index (χ0v) is 15.3. The number of nitrogens with one attached hydrogen (secondary N) is 1. The zero-order chi connectivity index (χ0) is 19.5. The third-order valence-corrected chi connectivity index (χ3v) is 4.38. The van der Waals surface area contributed by atoms with Crippen molar-refractivity contribution in [2.75, 3.05) is 32.6 Å². The molecule has 144 valence electrons. The van der Waals surface area contributed by atoms with Crippen molar-refractivity contribution in [3.8, 4) is 23.1 Å². The standard InChI is InChI=1S/C18H18N6O4/c1-26-12-4-5-13(14(8-12)27-2)21-18(25)24-9-11(10-24)17-22-16(23-28-17)15-19-6-3-7-20-15/h3-8,11H,9-10H2,1-2H3,(H,21,25). The summed E-state index contributed by atoms with van der Waals surface area (Å²) in [6, 6.07) is 6.68. The lowest BCUT2D eigenvalue weighted by Gasteiger charge is -2.36. The van der Waals surface area contributed by atoms with Gasteiger partial charge in [0, 0.05) is 31.5 Å². The summed E-state index contributed by atoms with van der Waals surface area (Å²) >= 11 is 0. The Kier molecular flexibility index (Phi) is 4.75. The number of aromatic nitrogens is 4. The van der Waals surface area contributed by atoms with Gasteiger partial charge in [-0.2, -0.15) is 4.98 Å².